The van der Waals surface area contributed by atoms with Crippen LogP contribution in [-0.4, -0.2) is 25.1 Å². The van der Waals surface area contributed by atoms with Gasteiger partial charge in [-0.25, -0.2) is 9.79 Å². The molecule has 0 radical (unpaired) electrons. The first-order valence-electron chi connectivity index (χ1n) is 7.28. The number of allylic oxidation sites excluding steroid dienone is 2. The number of nitrogens with zero attached hydrogens (tertiary/aromatic N) is 1. The number of halogens is 1. The lowest BCUT2D eigenvalue weighted by atomic mass is 9.85. The number of esters is 1. The van der Waals surface area contributed by atoms with Gasteiger partial charge in [0.25, 0.3) is 0 Å². The van der Waals surface area contributed by atoms with Crippen LogP contribution in [0.4, 0.5) is 0 Å². The van der Waals surface area contributed by atoms with E-state index in [1.807, 2.05) is 12.2 Å². The van der Waals surface area contributed by atoms with Gasteiger partial charge < -0.3 is 9.47 Å². The number of aliphatic imine (C=N–C) groups is 1. The molecule has 1 aliphatic rings. The van der Waals surface area contributed by atoms with Gasteiger partial charge in [-0.15, -0.1) is 0 Å². The Kier molecular flexibility index (Phi) is 5.26. The van der Waals surface area contributed by atoms with E-state index in [0.717, 1.165) is 5.57 Å². The van der Waals surface area contributed by atoms with Gasteiger partial charge in [-0.2, -0.15) is 0 Å². The van der Waals surface area contributed by atoms with Gasteiger partial charge in [0.1, 0.15) is 0 Å². The molecule has 1 aromatic rings. The molecule has 1 aliphatic heterocycles. The van der Waals surface area contributed by atoms with Crippen LogP contribution >= 0.6 is 11.6 Å². The molecular weight excluding hydrogens is 314 g/mol. The molecular formula is C18H20ClNO3. The lowest BCUT2D eigenvalue weighted by Gasteiger charge is -2.22. The van der Waals surface area contributed by atoms with Gasteiger partial charge in [0.2, 0.25) is 5.90 Å². The number of benzene rings is 1. The van der Waals surface area contributed by atoms with Gasteiger partial charge in [-0.3, -0.25) is 0 Å². The maximum absolute atomic E-state index is 12.3. The zero-order chi connectivity index (χ0) is 17.0. The molecule has 122 valence electrons. The summed E-state index contributed by atoms with van der Waals surface area (Å²) in [6, 6.07) is 6.54. The Bertz CT molecular complexity index is 667. The second kappa shape index (κ2) is 7.01. The first-order valence-corrected chi connectivity index (χ1v) is 7.66. The summed E-state index contributed by atoms with van der Waals surface area (Å²) in [4.78, 5) is 16.5. The van der Waals surface area contributed by atoms with Gasteiger partial charge in [0.05, 0.1) is 12.7 Å². The van der Waals surface area contributed by atoms with Crippen LogP contribution in [0.1, 0.15) is 31.1 Å². The quantitative estimate of drug-likeness (QED) is 0.753. The lowest BCUT2D eigenvalue weighted by Crippen LogP contribution is -2.27. The van der Waals surface area contributed by atoms with Crippen molar-refractivity contribution in [2.45, 2.75) is 26.9 Å². The Labute approximate surface area is 141 Å². The van der Waals surface area contributed by atoms with E-state index < -0.39 is 12.1 Å². The monoisotopic (exact) mass is 333 g/mol. The smallest absolute Gasteiger partial charge is 0.339 e. The SMILES string of the molecule is COC1=NC=CC(C(C)(C)C)=CC1OC(=O)c1ccc(Cl)cc1. The molecule has 0 aliphatic carbocycles. The Balaban J connectivity index is 2.26. The van der Waals surface area contributed by atoms with Crippen LogP contribution in [0.25, 0.3) is 0 Å². The molecule has 1 heterocycles. The molecule has 1 aromatic carbocycles. The van der Waals surface area contributed by atoms with Crippen LogP contribution in [0.5, 0.6) is 0 Å². The van der Waals surface area contributed by atoms with Crippen LogP contribution in [0.3, 0.4) is 0 Å². The fraction of sp³-hybridized carbons (Fsp3) is 0.333. The van der Waals surface area contributed by atoms with Gasteiger partial charge in [0, 0.05) is 11.2 Å². The second-order valence-electron chi connectivity index (χ2n) is 6.19. The second-order valence-corrected chi connectivity index (χ2v) is 6.63. The van der Waals surface area contributed by atoms with Crippen molar-refractivity contribution in [1.29, 1.82) is 0 Å². The van der Waals surface area contributed by atoms with Crippen molar-refractivity contribution in [3.63, 3.8) is 0 Å². The maximum Gasteiger partial charge on any atom is 0.339 e. The molecule has 0 saturated heterocycles. The zero-order valence-electron chi connectivity index (χ0n) is 13.7. The Morgan fingerprint density at radius 3 is 2.43 bits per heavy atom. The Morgan fingerprint density at radius 2 is 1.87 bits per heavy atom. The summed E-state index contributed by atoms with van der Waals surface area (Å²) < 4.78 is 10.8. The topological polar surface area (TPSA) is 47.9 Å². The molecule has 0 bridgehead atoms. The van der Waals surface area contributed by atoms with Gasteiger partial charge in [-0.1, -0.05) is 32.4 Å². The Hall–Kier alpha value is -2.07. The summed E-state index contributed by atoms with van der Waals surface area (Å²) in [5, 5.41) is 0.564. The summed E-state index contributed by atoms with van der Waals surface area (Å²) in [5.41, 5.74) is 1.34. The van der Waals surface area contributed by atoms with Crippen molar-refractivity contribution in [3.8, 4) is 0 Å². The molecule has 1 unspecified atom stereocenters. The average Bonchev–Trinajstić information content (AvgIpc) is 2.69. The normalized spacial score (nSPS) is 17.9. The number of hydrogen-bond donors (Lipinski definition) is 0. The van der Waals surface area contributed by atoms with Gasteiger partial charge in [0.15, 0.2) is 6.10 Å². The number of rotatable bonds is 2. The van der Waals surface area contributed by atoms with Crippen molar-refractivity contribution in [2.75, 3.05) is 7.11 Å². The van der Waals surface area contributed by atoms with Crippen LogP contribution in [0.2, 0.25) is 5.02 Å². The standard InChI is InChI=1S/C18H20ClNO3/c1-18(2,3)13-9-10-20-16(22-4)15(11-13)23-17(21)12-5-7-14(19)8-6-12/h5-11,15H,1-4H3. The number of methoxy groups -OCH3 is 1. The third-order valence-corrected chi connectivity index (χ3v) is 3.67. The summed E-state index contributed by atoms with van der Waals surface area (Å²) in [5.74, 6) is -0.120. The molecule has 1 atom stereocenters. The van der Waals surface area contributed by atoms with E-state index in [9.17, 15) is 4.79 Å². The number of carbonyl (C=O) groups is 1. The number of hydrogen-bond acceptors (Lipinski definition) is 4. The van der Waals surface area contributed by atoms with E-state index in [-0.39, 0.29) is 5.41 Å². The molecule has 23 heavy (non-hydrogen) atoms. The minimum Gasteiger partial charge on any atom is -0.481 e. The molecule has 0 saturated carbocycles. The fourth-order valence-electron chi connectivity index (χ4n) is 2.08. The first kappa shape index (κ1) is 17.3. The van der Waals surface area contributed by atoms with E-state index in [0.29, 0.717) is 16.5 Å². The summed E-state index contributed by atoms with van der Waals surface area (Å²) >= 11 is 5.84. The highest BCUT2D eigenvalue weighted by atomic mass is 35.5. The minimum absolute atomic E-state index is 0.0971. The van der Waals surface area contributed by atoms with E-state index in [1.165, 1.54) is 7.11 Å². The van der Waals surface area contributed by atoms with E-state index in [2.05, 4.69) is 25.8 Å². The maximum atomic E-state index is 12.3. The van der Waals surface area contributed by atoms with Crippen molar-refractivity contribution in [1.82, 2.24) is 0 Å². The van der Waals surface area contributed by atoms with Crippen molar-refractivity contribution >= 4 is 23.5 Å². The zero-order valence-corrected chi connectivity index (χ0v) is 14.4. The molecule has 0 N–H and O–H groups in total. The van der Waals surface area contributed by atoms with Crippen molar-refractivity contribution < 1.29 is 14.3 Å². The van der Waals surface area contributed by atoms with E-state index >= 15 is 0 Å². The summed E-state index contributed by atoms with van der Waals surface area (Å²) in [6.07, 6.45) is 4.74. The highest BCUT2D eigenvalue weighted by Gasteiger charge is 2.25. The van der Waals surface area contributed by atoms with Crippen LogP contribution in [0, 0.1) is 5.41 Å². The largest absolute Gasteiger partial charge is 0.481 e. The predicted molar refractivity (Wildman–Crippen MR) is 91.8 cm³/mol. The van der Waals surface area contributed by atoms with Gasteiger partial charge >= 0.3 is 5.97 Å². The lowest BCUT2D eigenvalue weighted by molar-refractivity contribution is 0.0458. The molecule has 0 spiro atoms. The number of carbonyl (C=O) groups excluding carboxylic acids is 1. The Morgan fingerprint density at radius 1 is 1.22 bits per heavy atom. The van der Waals surface area contributed by atoms with Crippen LogP contribution in [0.15, 0.2) is 53.2 Å². The van der Waals surface area contributed by atoms with E-state index in [1.54, 1.807) is 30.5 Å². The molecule has 5 heteroatoms. The van der Waals surface area contributed by atoms with Crippen molar-refractivity contribution in [2.24, 2.45) is 10.4 Å². The first-order chi connectivity index (χ1) is 10.8. The summed E-state index contributed by atoms with van der Waals surface area (Å²) in [6.45, 7) is 6.25. The minimum atomic E-state index is -0.674. The highest BCUT2D eigenvalue weighted by molar-refractivity contribution is 6.30. The molecule has 0 amide bonds. The fourth-order valence-corrected chi connectivity index (χ4v) is 2.20. The molecule has 4 nitrogen and oxygen atoms in total. The van der Waals surface area contributed by atoms with E-state index in [4.69, 9.17) is 21.1 Å². The highest BCUT2D eigenvalue weighted by Crippen LogP contribution is 2.28. The van der Waals surface area contributed by atoms with Crippen LogP contribution in [-0.2, 0) is 9.47 Å². The molecule has 0 aromatic heterocycles. The third-order valence-electron chi connectivity index (χ3n) is 3.42. The van der Waals surface area contributed by atoms with Crippen molar-refractivity contribution in [3.05, 3.63) is 58.8 Å². The average molecular weight is 334 g/mol. The molecule has 2 rings (SSSR count). The summed E-state index contributed by atoms with van der Waals surface area (Å²) in [7, 11) is 1.51. The van der Waals surface area contributed by atoms with Gasteiger partial charge in [-0.05, 0) is 47.4 Å². The number of ether oxygens (including phenoxy) is 2. The van der Waals surface area contributed by atoms with Crippen LogP contribution < -0.4 is 0 Å². The predicted octanol–water partition coefficient (Wildman–Crippen LogP) is 4.41. The third kappa shape index (κ3) is 4.45. The molecule has 0 fully saturated rings.